The summed E-state index contributed by atoms with van der Waals surface area (Å²) >= 11 is 0. The molecule has 0 radical (unpaired) electrons. The number of carbonyl (C=O) groups excluding carboxylic acids is 1. The van der Waals surface area contributed by atoms with Crippen molar-refractivity contribution in [2.24, 2.45) is 10.8 Å². The summed E-state index contributed by atoms with van der Waals surface area (Å²) in [5.41, 5.74) is 1.53. The number of fused-ring (bicyclic) bond motifs is 1. The van der Waals surface area contributed by atoms with Crippen molar-refractivity contribution in [2.45, 2.75) is 59.9 Å². The summed E-state index contributed by atoms with van der Waals surface area (Å²) in [6.45, 7) is 9.90. The van der Waals surface area contributed by atoms with Crippen molar-refractivity contribution in [1.29, 1.82) is 0 Å². The molecule has 1 aromatic heterocycles. The Kier molecular flexibility index (Phi) is 5.92. The molecule has 7 nitrogen and oxygen atoms in total. The van der Waals surface area contributed by atoms with Crippen molar-refractivity contribution in [3.8, 4) is 0 Å². The van der Waals surface area contributed by atoms with Crippen LogP contribution in [0, 0.1) is 10.8 Å². The van der Waals surface area contributed by atoms with E-state index in [0.29, 0.717) is 6.42 Å². The van der Waals surface area contributed by atoms with E-state index in [4.69, 9.17) is 4.98 Å². The van der Waals surface area contributed by atoms with E-state index in [-0.39, 0.29) is 18.5 Å². The fourth-order valence-electron chi connectivity index (χ4n) is 3.97. The van der Waals surface area contributed by atoms with E-state index in [1.54, 1.807) is 0 Å². The fourth-order valence-corrected chi connectivity index (χ4v) is 3.97. The van der Waals surface area contributed by atoms with E-state index in [0.717, 1.165) is 35.6 Å². The molecule has 162 valence electrons. The van der Waals surface area contributed by atoms with E-state index < -0.39 is 16.9 Å². The van der Waals surface area contributed by atoms with Gasteiger partial charge in [-0.3, -0.25) is 4.79 Å². The number of aryl methyl sites for hydroxylation is 1. The molecule has 1 aliphatic heterocycles. The van der Waals surface area contributed by atoms with Crippen LogP contribution in [0.1, 0.15) is 64.2 Å². The number of H-pyrrole nitrogens is 1. The Morgan fingerprint density at radius 2 is 1.97 bits per heavy atom. The van der Waals surface area contributed by atoms with E-state index in [9.17, 15) is 14.7 Å². The molecular weight excluding hydrogens is 380 g/mol. The Bertz CT molecular complexity index is 931. The number of hydrogen-bond donors (Lipinski definition) is 3. The Morgan fingerprint density at radius 3 is 2.60 bits per heavy atom. The molecule has 7 heteroatoms. The number of benzene rings is 1. The van der Waals surface area contributed by atoms with Gasteiger partial charge in [-0.15, -0.1) is 0 Å². The second-order valence-electron chi connectivity index (χ2n) is 9.29. The first-order valence-electron chi connectivity index (χ1n) is 10.5. The lowest BCUT2D eigenvalue weighted by Gasteiger charge is -2.43. The van der Waals surface area contributed by atoms with Gasteiger partial charge in [-0.2, -0.15) is 0 Å². The number of anilines is 1. The van der Waals surface area contributed by atoms with Crippen molar-refractivity contribution in [1.82, 2.24) is 15.3 Å². The van der Waals surface area contributed by atoms with Gasteiger partial charge in [0.2, 0.25) is 5.91 Å². The van der Waals surface area contributed by atoms with Crippen LogP contribution >= 0.6 is 0 Å². The summed E-state index contributed by atoms with van der Waals surface area (Å²) < 4.78 is 0. The summed E-state index contributed by atoms with van der Waals surface area (Å²) in [6.07, 6.45) is 3.34. The van der Waals surface area contributed by atoms with Gasteiger partial charge >= 0.3 is 6.09 Å². The molecule has 0 aliphatic carbocycles. The van der Waals surface area contributed by atoms with Gasteiger partial charge < -0.3 is 20.3 Å². The predicted molar refractivity (Wildman–Crippen MR) is 117 cm³/mol. The molecule has 3 N–H and O–H groups in total. The van der Waals surface area contributed by atoms with Crippen molar-refractivity contribution in [2.75, 3.05) is 11.4 Å². The molecule has 3 rings (SSSR count). The summed E-state index contributed by atoms with van der Waals surface area (Å²) in [5.74, 6) is 0.664. The number of nitrogens with zero attached hydrogens (tertiary/aromatic N) is 2. The highest BCUT2D eigenvalue weighted by molar-refractivity contribution is 6.00. The smallest absolute Gasteiger partial charge is 0.404 e. The van der Waals surface area contributed by atoms with E-state index in [1.807, 2.05) is 63.1 Å². The fraction of sp³-hybridized carbons (Fsp3) is 0.522. The molecule has 1 aliphatic rings. The highest BCUT2D eigenvalue weighted by atomic mass is 16.4. The number of amides is 2. The second kappa shape index (κ2) is 8.13. The van der Waals surface area contributed by atoms with Crippen LogP contribution in [0.25, 0.3) is 0 Å². The average Bonchev–Trinajstić information content (AvgIpc) is 3.29. The van der Waals surface area contributed by atoms with E-state index in [2.05, 4.69) is 17.2 Å². The highest BCUT2D eigenvalue weighted by Gasteiger charge is 2.50. The van der Waals surface area contributed by atoms with E-state index >= 15 is 0 Å². The Hall–Kier alpha value is -2.83. The third-order valence-electron chi connectivity index (χ3n) is 6.39. The number of aromatic amines is 1. The summed E-state index contributed by atoms with van der Waals surface area (Å²) in [6, 6.07) is 7.65. The maximum absolute atomic E-state index is 14.1. The van der Waals surface area contributed by atoms with Crippen LogP contribution in [-0.2, 0) is 17.6 Å². The minimum Gasteiger partial charge on any atom is -0.465 e. The molecule has 2 atom stereocenters. The minimum atomic E-state index is -1.13. The third kappa shape index (κ3) is 3.93. The van der Waals surface area contributed by atoms with Gasteiger partial charge in [0.1, 0.15) is 5.82 Å². The number of carbonyl (C=O) groups is 2. The van der Waals surface area contributed by atoms with E-state index in [1.165, 1.54) is 0 Å². The molecule has 0 fully saturated rings. The Labute approximate surface area is 177 Å². The van der Waals surface area contributed by atoms with Crippen LogP contribution < -0.4 is 10.2 Å². The average molecular weight is 413 g/mol. The molecule has 2 heterocycles. The second-order valence-corrected chi connectivity index (χ2v) is 9.29. The summed E-state index contributed by atoms with van der Waals surface area (Å²) in [5, 5.41) is 11.6. The molecule has 30 heavy (non-hydrogen) atoms. The zero-order valence-corrected chi connectivity index (χ0v) is 18.5. The van der Waals surface area contributed by atoms with Crippen molar-refractivity contribution in [3.63, 3.8) is 0 Å². The van der Waals surface area contributed by atoms with Gasteiger partial charge in [-0.05, 0) is 30.4 Å². The first-order chi connectivity index (χ1) is 14.1. The van der Waals surface area contributed by atoms with Gasteiger partial charge in [-0.25, -0.2) is 9.78 Å². The SMILES string of the molecule is CCCc1c[nH]c([C@@H]2Cc3ccccc3N2C(=O)[C@](C)(CNC(=O)O)C(C)(C)C)n1. The lowest BCUT2D eigenvalue weighted by molar-refractivity contribution is -0.133. The topological polar surface area (TPSA) is 98.3 Å². The lowest BCUT2D eigenvalue weighted by Crippen LogP contribution is -2.55. The lowest BCUT2D eigenvalue weighted by atomic mass is 9.66. The van der Waals surface area contributed by atoms with Gasteiger partial charge in [0, 0.05) is 24.8 Å². The van der Waals surface area contributed by atoms with Gasteiger partial charge in [0.15, 0.2) is 0 Å². The van der Waals surface area contributed by atoms with Gasteiger partial charge in [-0.1, -0.05) is 52.3 Å². The molecule has 1 aromatic carbocycles. The number of para-hydroxylation sites is 1. The number of carboxylic acid groups (broad SMARTS) is 1. The zero-order valence-electron chi connectivity index (χ0n) is 18.5. The first kappa shape index (κ1) is 21.9. The molecule has 2 aromatic rings. The molecule has 0 bridgehead atoms. The van der Waals surface area contributed by atoms with Crippen LogP contribution in [-0.4, -0.2) is 33.6 Å². The Balaban J connectivity index is 2.04. The molecule has 0 saturated heterocycles. The van der Waals surface area contributed by atoms with Crippen LogP contribution in [0.5, 0.6) is 0 Å². The van der Waals surface area contributed by atoms with Gasteiger partial charge in [0.25, 0.3) is 0 Å². The minimum absolute atomic E-state index is 0.0370. The number of aromatic nitrogens is 2. The van der Waals surface area contributed by atoms with Crippen LogP contribution in [0.2, 0.25) is 0 Å². The molecular formula is C23H32N4O3. The molecule has 0 saturated carbocycles. The van der Waals surface area contributed by atoms with Gasteiger partial charge in [0.05, 0.1) is 17.2 Å². The zero-order chi connectivity index (χ0) is 22.1. The largest absolute Gasteiger partial charge is 0.465 e. The monoisotopic (exact) mass is 412 g/mol. The number of hydrogen-bond acceptors (Lipinski definition) is 3. The van der Waals surface area contributed by atoms with Crippen molar-refractivity contribution >= 4 is 17.7 Å². The maximum Gasteiger partial charge on any atom is 0.404 e. The quantitative estimate of drug-likeness (QED) is 0.658. The maximum atomic E-state index is 14.1. The standard InChI is InChI=1S/C23H32N4O3/c1-6-9-16-13-24-19(26-16)18-12-15-10-7-8-11-17(15)27(18)20(28)23(5,22(2,3)4)14-25-21(29)30/h7-8,10-11,13,18,25H,6,9,12,14H2,1-5H3,(H,24,26)(H,29,30)/t18-,23-/m0/s1. The highest BCUT2D eigenvalue weighted by Crippen LogP contribution is 2.46. The Morgan fingerprint density at radius 1 is 1.27 bits per heavy atom. The third-order valence-corrected chi connectivity index (χ3v) is 6.39. The van der Waals surface area contributed by atoms with Crippen LogP contribution in [0.15, 0.2) is 30.5 Å². The van der Waals surface area contributed by atoms with Crippen LogP contribution in [0.4, 0.5) is 10.5 Å². The number of rotatable bonds is 6. The first-order valence-corrected chi connectivity index (χ1v) is 10.5. The van der Waals surface area contributed by atoms with Crippen molar-refractivity contribution < 1.29 is 14.7 Å². The predicted octanol–water partition coefficient (Wildman–Crippen LogP) is 4.31. The summed E-state index contributed by atoms with van der Waals surface area (Å²) in [4.78, 5) is 35.1. The normalized spacial score (nSPS) is 18.0. The molecule has 0 spiro atoms. The van der Waals surface area contributed by atoms with Crippen LogP contribution in [0.3, 0.4) is 0 Å². The molecule has 2 amide bonds. The summed E-state index contributed by atoms with van der Waals surface area (Å²) in [7, 11) is 0. The molecule has 0 unspecified atom stereocenters. The van der Waals surface area contributed by atoms with Crippen molar-refractivity contribution in [3.05, 3.63) is 47.5 Å². The number of imidazole rings is 1. The number of nitrogens with one attached hydrogen (secondary N) is 2.